The fourth-order valence-electron chi connectivity index (χ4n) is 3.38. The highest BCUT2D eigenvalue weighted by molar-refractivity contribution is 5.92. The summed E-state index contributed by atoms with van der Waals surface area (Å²) in [6.07, 6.45) is 8.40. The number of aromatic nitrogens is 1. The number of fused-ring (bicyclic) bond motifs is 1. The molecule has 1 aromatic heterocycles. The van der Waals surface area contributed by atoms with Crippen molar-refractivity contribution in [2.45, 2.75) is 45.1 Å². The molecule has 2 atom stereocenters. The molecule has 0 saturated heterocycles. The van der Waals surface area contributed by atoms with Gasteiger partial charge in [0.15, 0.2) is 0 Å². The number of ether oxygens (including phenoxy) is 1. The summed E-state index contributed by atoms with van der Waals surface area (Å²) in [5, 5.41) is 6.03. The van der Waals surface area contributed by atoms with Gasteiger partial charge in [0.2, 0.25) is 0 Å². The Morgan fingerprint density at radius 2 is 2.19 bits per heavy atom. The first-order chi connectivity index (χ1) is 10.3. The van der Waals surface area contributed by atoms with E-state index in [0.717, 1.165) is 17.5 Å². The summed E-state index contributed by atoms with van der Waals surface area (Å²) in [5.41, 5.74) is 0. The van der Waals surface area contributed by atoms with Crippen molar-refractivity contribution in [1.82, 2.24) is 4.98 Å². The van der Waals surface area contributed by atoms with Crippen LogP contribution >= 0.6 is 0 Å². The van der Waals surface area contributed by atoms with E-state index in [1.54, 1.807) is 7.11 Å². The first-order valence-electron chi connectivity index (χ1n) is 7.99. The topological polar surface area (TPSA) is 34.2 Å². The van der Waals surface area contributed by atoms with Crippen LogP contribution in [0.3, 0.4) is 0 Å². The smallest absolute Gasteiger partial charge is 0.134 e. The van der Waals surface area contributed by atoms with Crippen molar-refractivity contribution in [3.8, 4) is 5.75 Å². The number of pyridine rings is 1. The largest absolute Gasteiger partial charge is 0.497 e. The van der Waals surface area contributed by atoms with Crippen molar-refractivity contribution >= 4 is 16.6 Å². The van der Waals surface area contributed by atoms with Gasteiger partial charge in [0, 0.05) is 17.6 Å². The lowest BCUT2D eigenvalue weighted by Gasteiger charge is -2.29. The summed E-state index contributed by atoms with van der Waals surface area (Å²) >= 11 is 0. The highest BCUT2D eigenvalue weighted by Gasteiger charge is 2.21. The first kappa shape index (κ1) is 14.2. The molecule has 1 aliphatic rings. The second-order valence-corrected chi connectivity index (χ2v) is 6.03. The Balaban J connectivity index is 1.83. The van der Waals surface area contributed by atoms with Crippen LogP contribution in [0.25, 0.3) is 10.8 Å². The molecule has 21 heavy (non-hydrogen) atoms. The summed E-state index contributed by atoms with van der Waals surface area (Å²) in [5.74, 6) is 2.77. The molecule has 112 valence electrons. The number of benzene rings is 1. The van der Waals surface area contributed by atoms with Crippen LogP contribution in [-0.4, -0.2) is 18.1 Å². The average Bonchev–Trinajstić information content (AvgIpc) is 2.55. The van der Waals surface area contributed by atoms with Gasteiger partial charge in [0.25, 0.3) is 0 Å². The van der Waals surface area contributed by atoms with Gasteiger partial charge >= 0.3 is 0 Å². The van der Waals surface area contributed by atoms with Crippen LogP contribution in [0.4, 0.5) is 5.82 Å². The van der Waals surface area contributed by atoms with Crippen molar-refractivity contribution in [2.24, 2.45) is 5.92 Å². The van der Waals surface area contributed by atoms with E-state index in [-0.39, 0.29) is 0 Å². The highest BCUT2D eigenvalue weighted by atomic mass is 16.5. The molecule has 1 heterocycles. The zero-order chi connectivity index (χ0) is 14.7. The second-order valence-electron chi connectivity index (χ2n) is 6.03. The molecule has 0 radical (unpaired) electrons. The Morgan fingerprint density at radius 3 is 3.00 bits per heavy atom. The van der Waals surface area contributed by atoms with Crippen molar-refractivity contribution in [3.63, 3.8) is 0 Å². The van der Waals surface area contributed by atoms with Crippen LogP contribution in [0.1, 0.15) is 39.0 Å². The van der Waals surface area contributed by atoms with Crippen LogP contribution in [-0.2, 0) is 0 Å². The fraction of sp³-hybridized carbons (Fsp3) is 0.500. The maximum Gasteiger partial charge on any atom is 0.134 e. The highest BCUT2D eigenvalue weighted by Crippen LogP contribution is 2.31. The van der Waals surface area contributed by atoms with Crippen molar-refractivity contribution < 1.29 is 4.74 Å². The average molecular weight is 284 g/mol. The van der Waals surface area contributed by atoms with E-state index in [2.05, 4.69) is 29.4 Å². The third-order valence-corrected chi connectivity index (χ3v) is 4.67. The van der Waals surface area contributed by atoms with E-state index in [0.29, 0.717) is 6.04 Å². The third kappa shape index (κ3) is 3.12. The minimum atomic E-state index is 0.559. The standard InChI is InChI=1S/C18H24N2O/c1-3-13-5-4-6-15(11-13)20-18-17-8-7-16(21-2)12-14(17)9-10-19-18/h7-10,12-13,15H,3-6,11H2,1-2H3,(H,19,20). The van der Waals surface area contributed by atoms with Gasteiger partial charge in [-0.15, -0.1) is 0 Å². The molecule has 0 bridgehead atoms. The van der Waals surface area contributed by atoms with Crippen LogP contribution < -0.4 is 10.1 Å². The van der Waals surface area contributed by atoms with Gasteiger partial charge in [-0.1, -0.05) is 26.2 Å². The van der Waals surface area contributed by atoms with E-state index >= 15 is 0 Å². The Hall–Kier alpha value is -1.77. The Kier molecular flexibility index (Phi) is 4.28. The van der Waals surface area contributed by atoms with Crippen molar-refractivity contribution in [2.75, 3.05) is 12.4 Å². The van der Waals surface area contributed by atoms with Gasteiger partial charge in [0.1, 0.15) is 11.6 Å². The van der Waals surface area contributed by atoms with Gasteiger partial charge < -0.3 is 10.1 Å². The summed E-state index contributed by atoms with van der Waals surface area (Å²) in [6, 6.07) is 8.77. The minimum absolute atomic E-state index is 0.559. The number of methoxy groups -OCH3 is 1. The lowest BCUT2D eigenvalue weighted by molar-refractivity contribution is 0.327. The molecule has 1 fully saturated rings. The van der Waals surface area contributed by atoms with Gasteiger partial charge in [-0.05, 0) is 48.4 Å². The maximum atomic E-state index is 5.30. The van der Waals surface area contributed by atoms with Gasteiger partial charge in [-0.2, -0.15) is 0 Å². The van der Waals surface area contributed by atoms with Gasteiger partial charge in [-0.25, -0.2) is 4.98 Å². The van der Waals surface area contributed by atoms with E-state index in [1.165, 1.54) is 42.9 Å². The Morgan fingerprint density at radius 1 is 1.29 bits per heavy atom. The zero-order valence-corrected chi connectivity index (χ0v) is 12.9. The fourth-order valence-corrected chi connectivity index (χ4v) is 3.38. The molecule has 1 N–H and O–H groups in total. The number of nitrogens with zero attached hydrogens (tertiary/aromatic N) is 1. The summed E-state index contributed by atoms with van der Waals surface area (Å²) in [4.78, 5) is 4.56. The monoisotopic (exact) mass is 284 g/mol. The number of hydrogen-bond donors (Lipinski definition) is 1. The van der Waals surface area contributed by atoms with Crippen LogP contribution in [0.2, 0.25) is 0 Å². The molecule has 0 spiro atoms. The Bertz CT molecular complexity index is 611. The van der Waals surface area contributed by atoms with Crippen LogP contribution in [0.5, 0.6) is 5.75 Å². The van der Waals surface area contributed by atoms with E-state index in [9.17, 15) is 0 Å². The summed E-state index contributed by atoms with van der Waals surface area (Å²) < 4.78 is 5.30. The summed E-state index contributed by atoms with van der Waals surface area (Å²) in [6.45, 7) is 2.30. The number of hydrogen-bond acceptors (Lipinski definition) is 3. The quantitative estimate of drug-likeness (QED) is 0.889. The number of rotatable bonds is 4. The Labute approximate surface area is 126 Å². The lowest BCUT2D eigenvalue weighted by Crippen LogP contribution is -2.27. The molecule has 3 heteroatoms. The van der Waals surface area contributed by atoms with E-state index in [1.807, 2.05) is 18.3 Å². The molecule has 2 aromatic rings. The SMILES string of the molecule is CCC1CCCC(Nc2nccc3cc(OC)ccc23)C1. The van der Waals surface area contributed by atoms with E-state index in [4.69, 9.17) is 4.74 Å². The molecular formula is C18H24N2O. The van der Waals surface area contributed by atoms with Gasteiger partial charge in [-0.3, -0.25) is 0 Å². The molecule has 0 aliphatic heterocycles. The molecular weight excluding hydrogens is 260 g/mol. The third-order valence-electron chi connectivity index (χ3n) is 4.67. The molecule has 1 aromatic carbocycles. The molecule has 0 amide bonds. The van der Waals surface area contributed by atoms with Crippen molar-refractivity contribution in [3.05, 3.63) is 30.5 Å². The molecule has 3 nitrogen and oxygen atoms in total. The van der Waals surface area contributed by atoms with Crippen LogP contribution in [0.15, 0.2) is 30.5 Å². The zero-order valence-electron chi connectivity index (χ0n) is 12.9. The predicted octanol–water partition coefficient (Wildman–Crippen LogP) is 4.62. The molecule has 3 rings (SSSR count). The van der Waals surface area contributed by atoms with E-state index < -0.39 is 0 Å². The number of nitrogens with one attached hydrogen (secondary N) is 1. The van der Waals surface area contributed by atoms with Crippen molar-refractivity contribution in [1.29, 1.82) is 0 Å². The lowest BCUT2D eigenvalue weighted by atomic mass is 9.84. The van der Waals surface area contributed by atoms with Gasteiger partial charge in [0.05, 0.1) is 7.11 Å². The van der Waals surface area contributed by atoms with Crippen LogP contribution in [0, 0.1) is 5.92 Å². The molecule has 1 aliphatic carbocycles. The molecule has 1 saturated carbocycles. The minimum Gasteiger partial charge on any atom is -0.497 e. The predicted molar refractivity (Wildman–Crippen MR) is 88.0 cm³/mol. The normalized spacial score (nSPS) is 22.2. The number of anilines is 1. The maximum absolute atomic E-state index is 5.30. The summed E-state index contributed by atoms with van der Waals surface area (Å²) in [7, 11) is 1.70. The first-order valence-corrected chi connectivity index (χ1v) is 7.99. The molecule has 2 unspecified atom stereocenters. The second kappa shape index (κ2) is 6.33.